The van der Waals surface area contributed by atoms with E-state index in [1.165, 1.54) is 12.1 Å². The second kappa shape index (κ2) is 7.43. The molecule has 1 aliphatic rings. The highest BCUT2D eigenvalue weighted by Gasteiger charge is 2.22. The molecule has 2 heterocycles. The summed E-state index contributed by atoms with van der Waals surface area (Å²) in [6.07, 6.45) is 3.11. The van der Waals surface area contributed by atoms with Crippen LogP contribution in [0, 0.1) is 5.82 Å². The standard InChI is InChI=1S/C18H25FN2O2/c1-20(7-2-10-22)16-5-8-21(9-6-16)13-17-12-14-11-15(19)3-4-18(14)23-17/h3-4,11-12,16,22H,2,5-10,13H2,1H3. The summed E-state index contributed by atoms with van der Waals surface area (Å²) in [5.41, 5.74) is 0.750. The van der Waals surface area contributed by atoms with Crippen molar-refractivity contribution in [3.63, 3.8) is 0 Å². The molecule has 0 aliphatic carbocycles. The predicted molar refractivity (Wildman–Crippen MR) is 88.8 cm³/mol. The molecule has 23 heavy (non-hydrogen) atoms. The van der Waals surface area contributed by atoms with Crippen LogP contribution < -0.4 is 0 Å². The van der Waals surface area contributed by atoms with E-state index in [0.717, 1.165) is 62.2 Å². The quantitative estimate of drug-likeness (QED) is 0.888. The van der Waals surface area contributed by atoms with Crippen molar-refractivity contribution >= 4 is 11.0 Å². The van der Waals surface area contributed by atoms with Gasteiger partial charge >= 0.3 is 0 Å². The fourth-order valence-electron chi connectivity index (χ4n) is 3.39. The van der Waals surface area contributed by atoms with E-state index in [-0.39, 0.29) is 12.4 Å². The summed E-state index contributed by atoms with van der Waals surface area (Å²) in [5.74, 6) is 0.675. The number of hydrogen-bond donors (Lipinski definition) is 1. The van der Waals surface area contributed by atoms with Gasteiger partial charge in [0.05, 0.1) is 6.54 Å². The molecule has 0 radical (unpaired) electrons. The first-order valence-corrected chi connectivity index (χ1v) is 8.37. The Morgan fingerprint density at radius 3 is 2.83 bits per heavy atom. The van der Waals surface area contributed by atoms with Crippen LogP contribution in [0.2, 0.25) is 0 Å². The van der Waals surface area contributed by atoms with Crippen LogP contribution in [0.3, 0.4) is 0 Å². The van der Waals surface area contributed by atoms with Gasteiger partial charge in [0.15, 0.2) is 0 Å². The van der Waals surface area contributed by atoms with E-state index < -0.39 is 0 Å². The minimum Gasteiger partial charge on any atom is -0.460 e. The van der Waals surface area contributed by atoms with E-state index in [1.54, 1.807) is 6.07 Å². The van der Waals surface area contributed by atoms with Gasteiger partial charge in [0.25, 0.3) is 0 Å². The summed E-state index contributed by atoms with van der Waals surface area (Å²) in [4.78, 5) is 4.75. The topological polar surface area (TPSA) is 39.9 Å². The highest BCUT2D eigenvalue weighted by Crippen LogP contribution is 2.23. The number of furan rings is 1. The Morgan fingerprint density at radius 2 is 2.09 bits per heavy atom. The Hall–Kier alpha value is -1.43. The van der Waals surface area contributed by atoms with Crippen molar-refractivity contribution in [3.8, 4) is 0 Å². The zero-order valence-electron chi connectivity index (χ0n) is 13.7. The van der Waals surface area contributed by atoms with Gasteiger partial charge in [-0.15, -0.1) is 0 Å². The molecule has 1 fully saturated rings. The first kappa shape index (κ1) is 16.4. The fourth-order valence-corrected chi connectivity index (χ4v) is 3.39. The number of fused-ring (bicyclic) bond motifs is 1. The van der Waals surface area contributed by atoms with Crippen LogP contribution >= 0.6 is 0 Å². The molecule has 1 aromatic heterocycles. The molecule has 0 saturated carbocycles. The van der Waals surface area contributed by atoms with Crippen LogP contribution in [0.1, 0.15) is 25.0 Å². The molecule has 2 aromatic rings. The maximum Gasteiger partial charge on any atom is 0.134 e. The molecule has 0 amide bonds. The molecule has 0 unspecified atom stereocenters. The number of aliphatic hydroxyl groups is 1. The minimum atomic E-state index is -0.225. The molecule has 0 atom stereocenters. The van der Waals surface area contributed by atoms with Gasteiger partial charge in [0, 0.05) is 37.7 Å². The van der Waals surface area contributed by atoms with Crippen molar-refractivity contribution in [2.45, 2.75) is 31.8 Å². The summed E-state index contributed by atoms with van der Waals surface area (Å²) in [6, 6.07) is 7.19. The van der Waals surface area contributed by atoms with Crippen LogP contribution in [-0.2, 0) is 6.54 Å². The second-order valence-corrected chi connectivity index (χ2v) is 6.46. The van der Waals surface area contributed by atoms with Crippen LogP contribution in [0.25, 0.3) is 11.0 Å². The van der Waals surface area contributed by atoms with Crippen LogP contribution in [0.5, 0.6) is 0 Å². The number of aliphatic hydroxyl groups excluding tert-OH is 1. The number of halogens is 1. The highest BCUT2D eigenvalue weighted by atomic mass is 19.1. The molecule has 1 N–H and O–H groups in total. The summed E-state index contributed by atoms with van der Waals surface area (Å²) in [7, 11) is 2.14. The normalized spacial score (nSPS) is 17.4. The van der Waals surface area contributed by atoms with Gasteiger partial charge in [-0.2, -0.15) is 0 Å². The summed E-state index contributed by atoms with van der Waals surface area (Å²) in [6.45, 7) is 4.08. The third kappa shape index (κ3) is 4.10. The number of likely N-dealkylation sites (tertiary alicyclic amines) is 1. The fraction of sp³-hybridized carbons (Fsp3) is 0.556. The van der Waals surface area contributed by atoms with Crippen molar-refractivity contribution in [2.24, 2.45) is 0 Å². The largest absolute Gasteiger partial charge is 0.460 e. The SMILES string of the molecule is CN(CCCO)C1CCN(Cc2cc3cc(F)ccc3o2)CC1. The van der Waals surface area contributed by atoms with Crippen molar-refractivity contribution < 1.29 is 13.9 Å². The lowest BCUT2D eigenvalue weighted by Gasteiger charge is -2.36. The smallest absolute Gasteiger partial charge is 0.134 e. The average molecular weight is 320 g/mol. The molecule has 0 bridgehead atoms. The Kier molecular flexibility index (Phi) is 5.30. The van der Waals surface area contributed by atoms with E-state index in [1.807, 2.05) is 6.07 Å². The van der Waals surface area contributed by atoms with Gasteiger partial charge in [-0.3, -0.25) is 4.90 Å². The molecular formula is C18H25FN2O2. The molecule has 1 aliphatic heterocycles. The Labute approximate surface area is 136 Å². The van der Waals surface area contributed by atoms with E-state index in [4.69, 9.17) is 9.52 Å². The van der Waals surface area contributed by atoms with Crippen molar-refractivity contribution in [3.05, 3.63) is 35.8 Å². The highest BCUT2D eigenvalue weighted by molar-refractivity contribution is 5.77. The Balaban J connectivity index is 1.53. The monoisotopic (exact) mass is 320 g/mol. The Morgan fingerprint density at radius 1 is 1.30 bits per heavy atom. The van der Waals surface area contributed by atoms with E-state index in [0.29, 0.717) is 6.04 Å². The van der Waals surface area contributed by atoms with Gasteiger partial charge in [0.2, 0.25) is 0 Å². The molecule has 126 valence electrons. The second-order valence-electron chi connectivity index (χ2n) is 6.46. The molecular weight excluding hydrogens is 295 g/mol. The van der Waals surface area contributed by atoms with Gasteiger partial charge in [-0.05, 0) is 50.6 Å². The van der Waals surface area contributed by atoms with E-state index >= 15 is 0 Å². The molecule has 5 heteroatoms. The maximum absolute atomic E-state index is 13.2. The molecule has 4 nitrogen and oxygen atoms in total. The zero-order chi connectivity index (χ0) is 16.2. The summed E-state index contributed by atoms with van der Waals surface area (Å²) in [5, 5.41) is 9.76. The van der Waals surface area contributed by atoms with Crippen molar-refractivity contribution in [2.75, 3.05) is 33.3 Å². The zero-order valence-corrected chi connectivity index (χ0v) is 13.7. The van der Waals surface area contributed by atoms with Crippen LogP contribution in [0.4, 0.5) is 4.39 Å². The molecule has 3 rings (SSSR count). The van der Waals surface area contributed by atoms with Crippen molar-refractivity contribution in [1.29, 1.82) is 0 Å². The van der Waals surface area contributed by atoms with Gasteiger partial charge in [-0.25, -0.2) is 4.39 Å². The van der Waals surface area contributed by atoms with E-state index in [9.17, 15) is 4.39 Å². The average Bonchev–Trinajstić information content (AvgIpc) is 2.94. The third-order valence-electron chi connectivity index (χ3n) is 4.76. The lowest BCUT2D eigenvalue weighted by molar-refractivity contribution is 0.113. The first-order chi connectivity index (χ1) is 11.2. The minimum absolute atomic E-state index is 0.225. The number of piperidine rings is 1. The number of benzene rings is 1. The first-order valence-electron chi connectivity index (χ1n) is 8.37. The number of hydrogen-bond acceptors (Lipinski definition) is 4. The number of nitrogens with zero attached hydrogens (tertiary/aromatic N) is 2. The lowest BCUT2D eigenvalue weighted by Crippen LogP contribution is -2.43. The van der Waals surface area contributed by atoms with Crippen LogP contribution in [-0.4, -0.2) is 54.2 Å². The van der Waals surface area contributed by atoms with Crippen LogP contribution in [0.15, 0.2) is 28.7 Å². The van der Waals surface area contributed by atoms with Gasteiger partial charge in [0.1, 0.15) is 17.2 Å². The van der Waals surface area contributed by atoms with Gasteiger partial charge < -0.3 is 14.4 Å². The summed E-state index contributed by atoms with van der Waals surface area (Å²) < 4.78 is 19.0. The number of rotatable bonds is 6. The molecule has 1 saturated heterocycles. The van der Waals surface area contributed by atoms with Gasteiger partial charge in [-0.1, -0.05) is 0 Å². The lowest BCUT2D eigenvalue weighted by atomic mass is 10.0. The predicted octanol–water partition coefficient (Wildman–Crippen LogP) is 2.85. The third-order valence-corrected chi connectivity index (χ3v) is 4.76. The van der Waals surface area contributed by atoms with Crippen molar-refractivity contribution in [1.82, 2.24) is 9.80 Å². The van der Waals surface area contributed by atoms with E-state index in [2.05, 4.69) is 16.8 Å². The summed E-state index contributed by atoms with van der Waals surface area (Å²) >= 11 is 0. The molecule has 1 aromatic carbocycles. The molecule has 0 spiro atoms. The Bertz CT molecular complexity index is 635. The maximum atomic E-state index is 13.2.